The van der Waals surface area contributed by atoms with Crippen molar-refractivity contribution in [3.63, 3.8) is 0 Å². The average molecular weight is 794 g/mol. The van der Waals surface area contributed by atoms with Crippen molar-refractivity contribution >= 4 is 44.7 Å². The maximum Gasteiger partial charge on any atom is 0.408 e. The zero-order valence-electron chi connectivity index (χ0n) is 33.3. The first kappa shape index (κ1) is 39.8. The number of aromatic nitrogens is 1. The Morgan fingerprint density at radius 1 is 1.07 bits per heavy atom. The highest BCUT2D eigenvalue weighted by atomic mass is 32.2. The number of carbonyl (C=O) groups is 4. The number of hydrogen-bond donors (Lipinski definition) is 3. The minimum Gasteiger partial charge on any atom is -0.497 e. The van der Waals surface area contributed by atoms with Gasteiger partial charge in [0.15, 0.2) is 0 Å². The third-order valence-corrected chi connectivity index (χ3v) is 14.6. The van der Waals surface area contributed by atoms with Gasteiger partial charge < -0.3 is 29.7 Å². The van der Waals surface area contributed by atoms with Gasteiger partial charge in [0.2, 0.25) is 21.8 Å². The molecule has 4 fully saturated rings. The Bertz CT molecular complexity index is 2090. The number of rotatable bonds is 5. The lowest BCUT2D eigenvalue weighted by Gasteiger charge is -2.36. The minimum atomic E-state index is -4.03. The van der Waals surface area contributed by atoms with Crippen LogP contribution < -0.4 is 24.8 Å². The van der Waals surface area contributed by atoms with Gasteiger partial charge in [0.05, 0.1) is 29.6 Å². The molecule has 56 heavy (non-hydrogen) atoms. The number of fused-ring (bicyclic) bond motifs is 5. The summed E-state index contributed by atoms with van der Waals surface area (Å²) < 4.78 is 45.8. The van der Waals surface area contributed by atoms with Crippen LogP contribution in [0.25, 0.3) is 10.9 Å². The van der Waals surface area contributed by atoms with Crippen molar-refractivity contribution in [3.8, 4) is 11.5 Å². The van der Waals surface area contributed by atoms with Crippen LogP contribution in [0.4, 0.5) is 4.79 Å². The van der Waals surface area contributed by atoms with Crippen molar-refractivity contribution in [2.75, 3.05) is 13.7 Å². The number of carbonyl (C=O) groups excluding carboxylic acids is 4. The number of aryl methyl sites for hydroxylation is 2. The molecule has 0 bridgehead atoms. The Morgan fingerprint density at radius 3 is 2.45 bits per heavy atom. The van der Waals surface area contributed by atoms with E-state index in [-0.39, 0.29) is 13.0 Å². The normalized spacial score (nSPS) is 29.1. The highest BCUT2D eigenvalue weighted by Crippen LogP contribution is 2.54. The molecule has 2 aromatic rings. The monoisotopic (exact) mass is 793 g/mol. The molecule has 2 saturated carbocycles. The van der Waals surface area contributed by atoms with Crippen LogP contribution in [0.3, 0.4) is 0 Å². The SMILES string of the molecule is C=C1C2CCCCCCCC(NC(=O)OC(C)(C)C)C(=O)N3CC4(CCc5c(c(C)nc6ccc(OC)cc56)O4)CC3C(=O)NC12C(=O)NS(=O)(=O)C1(C)CC1. The summed E-state index contributed by atoms with van der Waals surface area (Å²) >= 11 is 0. The molecular weight excluding hydrogens is 739 g/mol. The molecule has 15 heteroatoms. The van der Waals surface area contributed by atoms with Gasteiger partial charge in [0.25, 0.3) is 5.91 Å². The fourth-order valence-corrected chi connectivity index (χ4v) is 10.1. The molecule has 1 aromatic carbocycles. The van der Waals surface area contributed by atoms with Crippen molar-refractivity contribution in [2.24, 2.45) is 5.92 Å². The maximum atomic E-state index is 14.8. The first-order valence-electron chi connectivity index (χ1n) is 19.9. The van der Waals surface area contributed by atoms with Crippen molar-refractivity contribution in [1.29, 1.82) is 0 Å². The van der Waals surface area contributed by atoms with Gasteiger partial charge >= 0.3 is 6.09 Å². The molecule has 2 saturated heterocycles. The van der Waals surface area contributed by atoms with E-state index in [4.69, 9.17) is 19.2 Å². The molecule has 5 unspecified atom stereocenters. The zero-order valence-corrected chi connectivity index (χ0v) is 34.2. The third-order valence-electron chi connectivity index (χ3n) is 12.4. The molecule has 304 valence electrons. The summed E-state index contributed by atoms with van der Waals surface area (Å²) in [7, 11) is -2.43. The van der Waals surface area contributed by atoms with Gasteiger partial charge in [-0.2, -0.15) is 0 Å². The lowest BCUT2D eigenvalue weighted by Crippen LogP contribution is -2.59. The number of nitrogens with one attached hydrogen (secondary N) is 3. The second-order valence-electron chi connectivity index (χ2n) is 17.7. The van der Waals surface area contributed by atoms with Crippen LogP contribution in [-0.2, 0) is 35.6 Å². The summed E-state index contributed by atoms with van der Waals surface area (Å²) in [6.45, 7) is 12.9. The van der Waals surface area contributed by atoms with Crippen LogP contribution in [0.2, 0.25) is 0 Å². The number of alkyl carbamates (subject to hydrolysis) is 1. The highest BCUT2D eigenvalue weighted by Gasteiger charge is 2.67. The van der Waals surface area contributed by atoms with E-state index < -0.39 is 73.3 Å². The summed E-state index contributed by atoms with van der Waals surface area (Å²) in [6, 6.07) is 3.57. The van der Waals surface area contributed by atoms with E-state index in [0.29, 0.717) is 67.7 Å². The molecule has 4 amide bonds. The summed E-state index contributed by atoms with van der Waals surface area (Å²) in [4.78, 5) is 63.1. The lowest BCUT2D eigenvalue weighted by molar-refractivity contribution is -0.141. The topological polar surface area (TPSA) is 182 Å². The van der Waals surface area contributed by atoms with E-state index in [9.17, 15) is 27.6 Å². The number of methoxy groups -OCH3 is 1. The molecule has 2 aliphatic carbocycles. The van der Waals surface area contributed by atoms with Crippen LogP contribution in [0.5, 0.6) is 11.5 Å². The molecule has 0 radical (unpaired) electrons. The second-order valence-corrected chi connectivity index (χ2v) is 19.9. The van der Waals surface area contributed by atoms with Crippen molar-refractivity contribution < 1.29 is 41.8 Å². The smallest absolute Gasteiger partial charge is 0.408 e. The summed E-state index contributed by atoms with van der Waals surface area (Å²) in [6.07, 6.45) is 5.96. The van der Waals surface area contributed by atoms with E-state index >= 15 is 0 Å². The summed E-state index contributed by atoms with van der Waals surface area (Å²) in [5, 5.41) is 6.64. The molecule has 4 heterocycles. The van der Waals surface area contributed by atoms with Gasteiger partial charge in [0, 0.05) is 23.3 Å². The lowest BCUT2D eigenvalue weighted by atomic mass is 9.87. The van der Waals surface area contributed by atoms with Gasteiger partial charge in [-0.1, -0.05) is 38.7 Å². The predicted octanol–water partition coefficient (Wildman–Crippen LogP) is 4.89. The fourth-order valence-electron chi connectivity index (χ4n) is 8.79. The molecule has 1 aromatic heterocycles. The van der Waals surface area contributed by atoms with E-state index in [1.165, 1.54) is 4.90 Å². The molecule has 14 nitrogen and oxygen atoms in total. The molecule has 7 rings (SSSR count). The van der Waals surface area contributed by atoms with Crippen LogP contribution in [-0.4, -0.2) is 89.3 Å². The molecule has 3 aliphatic heterocycles. The predicted molar refractivity (Wildman–Crippen MR) is 209 cm³/mol. The Hall–Kier alpha value is -4.40. The van der Waals surface area contributed by atoms with Gasteiger partial charge in [-0.3, -0.25) is 19.1 Å². The first-order chi connectivity index (χ1) is 26.3. The van der Waals surface area contributed by atoms with Crippen LogP contribution in [0.15, 0.2) is 30.4 Å². The number of amides is 4. The first-order valence-corrected chi connectivity index (χ1v) is 21.3. The molecule has 3 N–H and O–H groups in total. The van der Waals surface area contributed by atoms with Crippen molar-refractivity contribution in [2.45, 2.75) is 145 Å². The molecule has 5 aliphatic rings. The van der Waals surface area contributed by atoms with Gasteiger partial charge in [-0.05, 0) is 96.9 Å². The zero-order chi connectivity index (χ0) is 40.4. The highest BCUT2D eigenvalue weighted by molar-refractivity contribution is 7.91. The van der Waals surface area contributed by atoms with E-state index in [2.05, 4.69) is 21.9 Å². The second kappa shape index (κ2) is 14.2. The maximum absolute atomic E-state index is 14.8. The number of nitrogens with zero attached hydrogens (tertiary/aromatic N) is 2. The van der Waals surface area contributed by atoms with E-state index in [1.807, 2.05) is 25.1 Å². The Balaban J connectivity index is 1.25. The van der Waals surface area contributed by atoms with Crippen LogP contribution in [0.1, 0.15) is 110 Å². The summed E-state index contributed by atoms with van der Waals surface area (Å²) in [5.74, 6) is -1.13. The average Bonchev–Trinajstić information content (AvgIpc) is 3.97. The minimum absolute atomic E-state index is 0.0295. The quantitative estimate of drug-likeness (QED) is 0.353. The molecule has 5 atom stereocenters. The standard InChI is InChI=1S/C41H55N5O9S/c1-24-29-13-11-9-8-10-12-14-31(43-37(50)55-38(3,4)5)35(48)46-23-40(18-17-27-28-21-26(53-7)15-16-30(28)42-25(2)33(27)54-40)22-32(46)34(47)44-41(24,29)36(49)45-56(51,52)39(6)19-20-39/h15-16,21,29,31-32H,1,8-14,17-20,22-23H2,2-7H3,(H,43,50)(H,44,47)(H,45,49). The van der Waals surface area contributed by atoms with Crippen LogP contribution >= 0.6 is 0 Å². The molecular formula is C41H55N5O9S. The largest absolute Gasteiger partial charge is 0.497 e. The molecule has 1 spiro atoms. The van der Waals surface area contributed by atoms with Crippen LogP contribution in [0, 0.1) is 12.8 Å². The number of ether oxygens (including phenoxy) is 3. The Labute approximate surface area is 328 Å². The summed E-state index contributed by atoms with van der Waals surface area (Å²) in [5.41, 5.74) is -0.614. The Morgan fingerprint density at radius 2 is 1.77 bits per heavy atom. The number of pyridine rings is 1. The van der Waals surface area contributed by atoms with Crippen molar-refractivity contribution in [1.82, 2.24) is 25.2 Å². The van der Waals surface area contributed by atoms with E-state index in [0.717, 1.165) is 42.1 Å². The Kier molecular flexibility index (Phi) is 10.1. The number of hydrogen-bond acceptors (Lipinski definition) is 10. The van der Waals surface area contributed by atoms with Crippen molar-refractivity contribution in [3.05, 3.63) is 41.6 Å². The fraction of sp³-hybridized carbons (Fsp3) is 0.634. The van der Waals surface area contributed by atoms with Gasteiger partial charge in [-0.25, -0.2) is 18.2 Å². The van der Waals surface area contributed by atoms with Gasteiger partial charge in [0.1, 0.15) is 40.3 Å². The number of sulfonamides is 1. The number of benzene rings is 1. The third kappa shape index (κ3) is 7.31. The van der Waals surface area contributed by atoms with E-state index in [1.54, 1.807) is 34.8 Å². The van der Waals surface area contributed by atoms with Gasteiger partial charge in [-0.15, -0.1) is 0 Å².